The lowest BCUT2D eigenvalue weighted by Gasteiger charge is -2.11. The summed E-state index contributed by atoms with van der Waals surface area (Å²) in [5.74, 6) is 0.144. The molecule has 12 heavy (non-hydrogen) atoms. The van der Waals surface area contributed by atoms with Crippen LogP contribution >= 0.6 is 34.8 Å². The molecule has 0 N–H and O–H groups in total. The predicted molar refractivity (Wildman–Crippen MR) is 55.4 cm³/mol. The van der Waals surface area contributed by atoms with Crippen molar-refractivity contribution in [2.45, 2.75) is 17.7 Å². The molecule has 0 bridgehead atoms. The molecule has 1 aromatic rings. The van der Waals surface area contributed by atoms with Gasteiger partial charge < -0.3 is 0 Å². The van der Waals surface area contributed by atoms with Crippen molar-refractivity contribution in [3.05, 3.63) is 34.9 Å². The van der Waals surface area contributed by atoms with Crippen molar-refractivity contribution < 1.29 is 0 Å². The molecule has 1 rings (SSSR count). The molecule has 0 saturated carbocycles. The second kappa shape index (κ2) is 4.36. The summed E-state index contributed by atoms with van der Waals surface area (Å²) in [5, 5.41) is 0.728. The van der Waals surface area contributed by atoms with Crippen LogP contribution < -0.4 is 0 Å². The van der Waals surface area contributed by atoms with Gasteiger partial charge in [0, 0.05) is 10.9 Å². The minimum atomic E-state index is -0.369. The van der Waals surface area contributed by atoms with Crippen LogP contribution in [0.5, 0.6) is 0 Å². The van der Waals surface area contributed by atoms with Crippen molar-refractivity contribution in [1.29, 1.82) is 0 Å². The highest BCUT2D eigenvalue weighted by molar-refractivity contribution is 6.44. The van der Waals surface area contributed by atoms with Crippen LogP contribution in [0.2, 0.25) is 5.02 Å². The summed E-state index contributed by atoms with van der Waals surface area (Å²) < 4.78 is 0. The molecule has 0 spiro atoms. The average Bonchev–Trinajstić information content (AvgIpc) is 2.04. The summed E-state index contributed by atoms with van der Waals surface area (Å²) in [7, 11) is 0. The fourth-order valence-electron chi connectivity index (χ4n) is 0.912. The minimum absolute atomic E-state index is 0.144. The summed E-state index contributed by atoms with van der Waals surface area (Å²) >= 11 is 17.2. The summed E-state index contributed by atoms with van der Waals surface area (Å²) in [6.07, 6.45) is 0. The maximum Gasteiger partial charge on any atom is 0.114 e. The first-order chi connectivity index (χ1) is 5.61. The van der Waals surface area contributed by atoms with Gasteiger partial charge in [-0.2, -0.15) is 0 Å². The predicted octanol–water partition coefficient (Wildman–Crippen LogP) is 4.25. The Morgan fingerprint density at radius 2 is 1.58 bits per heavy atom. The highest BCUT2D eigenvalue weighted by Gasteiger charge is 2.12. The van der Waals surface area contributed by atoms with Gasteiger partial charge in [-0.1, -0.05) is 30.7 Å². The summed E-state index contributed by atoms with van der Waals surface area (Å²) in [6.45, 7) is 1.98. The van der Waals surface area contributed by atoms with Gasteiger partial charge in [0.05, 0.1) is 0 Å². The Bertz CT molecular complexity index is 240. The maximum atomic E-state index is 5.73. The molecule has 0 aliphatic heterocycles. The molecular weight excluding hydrogens is 214 g/mol. The molecule has 0 radical (unpaired) electrons. The third-order valence-electron chi connectivity index (χ3n) is 1.77. The Labute approximate surface area is 87.4 Å². The van der Waals surface area contributed by atoms with Crippen molar-refractivity contribution in [3.63, 3.8) is 0 Å². The Hall–Kier alpha value is 0.0900. The van der Waals surface area contributed by atoms with E-state index in [1.165, 1.54) is 0 Å². The van der Waals surface area contributed by atoms with Crippen LogP contribution in [0.4, 0.5) is 0 Å². The fraction of sp³-hybridized carbons (Fsp3) is 0.333. The number of hydrogen-bond acceptors (Lipinski definition) is 0. The molecule has 0 aromatic heterocycles. The quantitative estimate of drug-likeness (QED) is 0.658. The molecule has 0 saturated heterocycles. The first kappa shape index (κ1) is 10.2. The zero-order chi connectivity index (χ0) is 9.14. The maximum absolute atomic E-state index is 5.73. The summed E-state index contributed by atoms with van der Waals surface area (Å²) in [4.78, 5) is -0.369. The van der Waals surface area contributed by atoms with Gasteiger partial charge in [-0.15, -0.1) is 23.2 Å². The number of hydrogen-bond donors (Lipinski definition) is 0. The highest BCUT2D eigenvalue weighted by Crippen LogP contribution is 2.26. The zero-order valence-corrected chi connectivity index (χ0v) is 8.87. The lowest BCUT2D eigenvalue weighted by Crippen LogP contribution is -2.01. The smallest absolute Gasteiger partial charge is 0.105 e. The molecule has 66 valence electrons. The number of halogens is 3. The van der Waals surface area contributed by atoms with E-state index < -0.39 is 0 Å². The van der Waals surface area contributed by atoms with Crippen molar-refractivity contribution >= 4 is 34.8 Å². The van der Waals surface area contributed by atoms with Gasteiger partial charge >= 0.3 is 0 Å². The second-order valence-electron chi connectivity index (χ2n) is 2.67. The number of benzene rings is 1. The van der Waals surface area contributed by atoms with E-state index >= 15 is 0 Å². The van der Waals surface area contributed by atoms with Crippen molar-refractivity contribution in [2.24, 2.45) is 0 Å². The van der Waals surface area contributed by atoms with Crippen LogP contribution in [0.1, 0.15) is 18.4 Å². The zero-order valence-electron chi connectivity index (χ0n) is 6.60. The molecular formula is C9H9Cl3. The van der Waals surface area contributed by atoms with Gasteiger partial charge in [0.25, 0.3) is 0 Å². The lowest BCUT2D eigenvalue weighted by atomic mass is 10.0. The average molecular weight is 224 g/mol. The number of rotatable bonds is 2. The lowest BCUT2D eigenvalue weighted by molar-refractivity contribution is 0.834. The van der Waals surface area contributed by atoms with Crippen LogP contribution in [-0.2, 0) is 0 Å². The van der Waals surface area contributed by atoms with Gasteiger partial charge in [0.2, 0.25) is 0 Å². The summed E-state index contributed by atoms with van der Waals surface area (Å²) in [5.41, 5.74) is 1.11. The topological polar surface area (TPSA) is 0 Å². The van der Waals surface area contributed by atoms with Crippen LogP contribution in [0.25, 0.3) is 0 Å². The Morgan fingerprint density at radius 3 is 2.00 bits per heavy atom. The first-order valence-corrected chi connectivity index (χ1v) is 4.90. The molecule has 0 nitrogen and oxygen atoms in total. The third-order valence-corrected chi connectivity index (χ3v) is 2.78. The Kier molecular flexibility index (Phi) is 3.70. The van der Waals surface area contributed by atoms with E-state index in [0.717, 1.165) is 10.6 Å². The van der Waals surface area contributed by atoms with E-state index in [0.29, 0.717) is 0 Å². The largest absolute Gasteiger partial charge is 0.114 e. The van der Waals surface area contributed by atoms with Crippen molar-refractivity contribution in [1.82, 2.24) is 0 Å². The van der Waals surface area contributed by atoms with E-state index in [-0.39, 0.29) is 10.8 Å². The molecule has 1 unspecified atom stereocenters. The van der Waals surface area contributed by atoms with Gasteiger partial charge in [0.15, 0.2) is 0 Å². The fourth-order valence-corrected chi connectivity index (χ4v) is 1.33. The van der Waals surface area contributed by atoms with E-state index in [1.54, 1.807) is 0 Å². The van der Waals surface area contributed by atoms with Crippen LogP contribution in [0.3, 0.4) is 0 Å². The van der Waals surface area contributed by atoms with Crippen molar-refractivity contribution in [3.8, 4) is 0 Å². The van der Waals surface area contributed by atoms with Crippen LogP contribution in [0.15, 0.2) is 24.3 Å². The standard InChI is InChI=1S/C9H9Cl3/c1-6(9(11)12)7-2-4-8(10)5-3-7/h2-6,9H,1H3. The van der Waals surface area contributed by atoms with Gasteiger partial charge in [-0.25, -0.2) is 0 Å². The highest BCUT2D eigenvalue weighted by atomic mass is 35.5. The van der Waals surface area contributed by atoms with Crippen molar-refractivity contribution in [2.75, 3.05) is 0 Å². The molecule has 1 aromatic carbocycles. The molecule has 3 heteroatoms. The van der Waals surface area contributed by atoms with Gasteiger partial charge in [-0.3, -0.25) is 0 Å². The van der Waals surface area contributed by atoms with Crippen LogP contribution in [-0.4, -0.2) is 4.84 Å². The van der Waals surface area contributed by atoms with Gasteiger partial charge in [0.1, 0.15) is 4.84 Å². The second-order valence-corrected chi connectivity index (χ2v) is 4.27. The van der Waals surface area contributed by atoms with E-state index in [9.17, 15) is 0 Å². The normalized spacial score (nSPS) is 13.4. The van der Waals surface area contributed by atoms with Crippen LogP contribution in [0, 0.1) is 0 Å². The van der Waals surface area contributed by atoms with E-state index in [2.05, 4.69) is 0 Å². The Morgan fingerprint density at radius 1 is 1.08 bits per heavy atom. The molecule has 0 aliphatic rings. The molecule has 0 amide bonds. The van der Waals surface area contributed by atoms with Gasteiger partial charge in [-0.05, 0) is 17.7 Å². The van der Waals surface area contributed by atoms with E-state index in [1.807, 2.05) is 31.2 Å². The molecule has 1 atom stereocenters. The first-order valence-electron chi connectivity index (χ1n) is 3.65. The Balaban J connectivity index is 2.82. The summed E-state index contributed by atoms with van der Waals surface area (Å²) in [6, 6.07) is 7.54. The van der Waals surface area contributed by atoms with E-state index in [4.69, 9.17) is 34.8 Å². The SMILES string of the molecule is CC(c1ccc(Cl)cc1)C(Cl)Cl. The third kappa shape index (κ3) is 2.55. The molecule has 0 heterocycles. The monoisotopic (exact) mass is 222 g/mol. The molecule has 0 aliphatic carbocycles. The number of alkyl halides is 2. The molecule has 0 fully saturated rings. The minimum Gasteiger partial charge on any atom is -0.105 e.